The van der Waals surface area contributed by atoms with Gasteiger partial charge >= 0.3 is 5.97 Å². The van der Waals surface area contributed by atoms with E-state index in [2.05, 4.69) is 36.5 Å². The van der Waals surface area contributed by atoms with E-state index >= 15 is 0 Å². The third-order valence-electron chi connectivity index (χ3n) is 5.06. The minimum Gasteiger partial charge on any atom is -0.469 e. The van der Waals surface area contributed by atoms with E-state index in [-0.39, 0.29) is 12.4 Å². The summed E-state index contributed by atoms with van der Waals surface area (Å²) in [6.45, 7) is 5.96. The van der Waals surface area contributed by atoms with E-state index in [0.717, 1.165) is 46.7 Å². The summed E-state index contributed by atoms with van der Waals surface area (Å²) in [5.74, 6) is -0.228. The maximum absolute atomic E-state index is 12.1. The fourth-order valence-corrected chi connectivity index (χ4v) is 4.92. The average molecular weight is 366 g/mol. The molecule has 26 heavy (non-hydrogen) atoms. The van der Waals surface area contributed by atoms with Crippen molar-refractivity contribution in [1.29, 1.82) is 0 Å². The van der Waals surface area contributed by atoms with Crippen LogP contribution in [0.25, 0.3) is 21.3 Å². The van der Waals surface area contributed by atoms with Gasteiger partial charge in [-0.25, -0.2) is 4.98 Å². The van der Waals surface area contributed by atoms with Gasteiger partial charge in [-0.2, -0.15) is 0 Å². The topological polar surface area (TPSA) is 51.2 Å². The second-order valence-corrected chi connectivity index (χ2v) is 7.86. The summed E-state index contributed by atoms with van der Waals surface area (Å²) in [6.07, 6.45) is 1.24. The third kappa shape index (κ3) is 2.91. The lowest BCUT2D eigenvalue weighted by Crippen LogP contribution is -2.22. The first kappa shape index (κ1) is 17.2. The van der Waals surface area contributed by atoms with E-state index in [1.165, 1.54) is 28.5 Å². The second-order valence-electron chi connectivity index (χ2n) is 6.78. The highest BCUT2D eigenvalue weighted by molar-refractivity contribution is 7.19. The van der Waals surface area contributed by atoms with Crippen molar-refractivity contribution in [3.8, 4) is 11.1 Å². The lowest BCUT2D eigenvalue weighted by Gasteiger charge is -2.17. The Balaban J connectivity index is 2.04. The van der Waals surface area contributed by atoms with Gasteiger partial charge in [0.1, 0.15) is 4.83 Å². The molecule has 3 aromatic rings. The molecule has 5 heteroatoms. The number of thiophene rings is 1. The number of aromatic nitrogens is 1. The molecule has 0 fully saturated rings. The molecule has 1 aromatic carbocycles. The Hall–Kier alpha value is -2.24. The summed E-state index contributed by atoms with van der Waals surface area (Å²) in [6, 6.07) is 8.55. The molecule has 4 nitrogen and oxygen atoms in total. The molecule has 0 atom stereocenters. The van der Waals surface area contributed by atoms with Crippen LogP contribution in [-0.2, 0) is 28.9 Å². The molecule has 1 N–H and O–H groups in total. The van der Waals surface area contributed by atoms with Crippen molar-refractivity contribution in [2.24, 2.45) is 0 Å². The number of nitrogens with one attached hydrogen (secondary N) is 1. The zero-order valence-corrected chi connectivity index (χ0v) is 16.1. The molecule has 2 aromatic heterocycles. The molecule has 0 aliphatic carbocycles. The van der Waals surface area contributed by atoms with E-state index < -0.39 is 0 Å². The first-order chi connectivity index (χ1) is 12.6. The number of hydrogen-bond acceptors (Lipinski definition) is 5. The maximum atomic E-state index is 12.1. The average Bonchev–Trinajstić information content (AvgIpc) is 3.01. The van der Waals surface area contributed by atoms with Crippen molar-refractivity contribution in [2.45, 2.75) is 33.2 Å². The lowest BCUT2D eigenvalue weighted by molar-refractivity contribution is -0.139. The zero-order valence-electron chi connectivity index (χ0n) is 15.3. The van der Waals surface area contributed by atoms with Crippen molar-refractivity contribution in [3.63, 3.8) is 0 Å². The van der Waals surface area contributed by atoms with Crippen LogP contribution in [-0.4, -0.2) is 24.6 Å². The zero-order chi connectivity index (χ0) is 18.3. The van der Waals surface area contributed by atoms with Crippen LogP contribution in [0.5, 0.6) is 0 Å². The Morgan fingerprint density at radius 2 is 2.04 bits per heavy atom. The molecule has 1 aliphatic heterocycles. The number of methoxy groups -OCH3 is 1. The molecule has 0 bridgehead atoms. The summed E-state index contributed by atoms with van der Waals surface area (Å²) in [5, 5.41) is 4.67. The number of hydrogen-bond donors (Lipinski definition) is 1. The highest BCUT2D eigenvalue weighted by Crippen LogP contribution is 2.41. The number of rotatable bonds is 3. The molecule has 0 saturated heterocycles. The van der Waals surface area contributed by atoms with Crippen LogP contribution in [0.3, 0.4) is 0 Å². The first-order valence-electron chi connectivity index (χ1n) is 8.86. The lowest BCUT2D eigenvalue weighted by atomic mass is 9.90. The van der Waals surface area contributed by atoms with Crippen LogP contribution in [0.4, 0.5) is 0 Å². The van der Waals surface area contributed by atoms with Gasteiger partial charge < -0.3 is 10.1 Å². The Labute approximate surface area is 157 Å². The fourth-order valence-electron chi connectivity index (χ4n) is 3.68. The first-order valence-corrected chi connectivity index (χ1v) is 9.68. The predicted octanol–water partition coefficient (Wildman–Crippen LogP) is 3.94. The van der Waals surface area contributed by atoms with Crippen LogP contribution in [0.1, 0.15) is 27.3 Å². The van der Waals surface area contributed by atoms with Gasteiger partial charge in [0.2, 0.25) is 0 Å². The molecule has 0 amide bonds. The van der Waals surface area contributed by atoms with Crippen LogP contribution < -0.4 is 5.32 Å². The number of carbonyl (C=O) groups excluding carboxylic acids is 1. The second kappa shape index (κ2) is 6.82. The molecule has 4 rings (SSSR count). The van der Waals surface area contributed by atoms with Crippen molar-refractivity contribution in [3.05, 3.63) is 51.5 Å². The van der Waals surface area contributed by atoms with Crippen LogP contribution in [0, 0.1) is 13.8 Å². The molecule has 0 radical (unpaired) electrons. The maximum Gasteiger partial charge on any atom is 0.310 e. The Morgan fingerprint density at radius 3 is 2.77 bits per heavy atom. The van der Waals surface area contributed by atoms with Gasteiger partial charge in [-0.15, -0.1) is 11.3 Å². The molecule has 0 unspecified atom stereocenters. The van der Waals surface area contributed by atoms with Gasteiger partial charge in [-0.1, -0.05) is 29.8 Å². The molecular weight excluding hydrogens is 344 g/mol. The van der Waals surface area contributed by atoms with Crippen molar-refractivity contribution < 1.29 is 9.53 Å². The van der Waals surface area contributed by atoms with E-state index in [1.54, 1.807) is 11.3 Å². The van der Waals surface area contributed by atoms with Gasteiger partial charge in [0.05, 0.1) is 13.5 Å². The number of aryl methyl sites for hydroxylation is 2. The Morgan fingerprint density at radius 1 is 1.27 bits per heavy atom. The minimum absolute atomic E-state index is 0.228. The number of ether oxygens (including phenoxy) is 1. The van der Waals surface area contributed by atoms with Gasteiger partial charge in [-0.3, -0.25) is 4.79 Å². The normalized spacial score (nSPS) is 13.7. The minimum atomic E-state index is -0.228. The largest absolute Gasteiger partial charge is 0.469 e. The Bertz CT molecular complexity index is 990. The van der Waals surface area contributed by atoms with Crippen molar-refractivity contribution >= 4 is 27.5 Å². The molecule has 0 saturated carbocycles. The van der Waals surface area contributed by atoms with Gasteiger partial charge in [0.25, 0.3) is 0 Å². The van der Waals surface area contributed by atoms with E-state index in [0.29, 0.717) is 0 Å². The SMILES string of the molecule is COC(=O)Cc1c(C)nc2sc3c(c2c1-c1ccc(C)cc1)CCNC3. The fraction of sp³-hybridized carbons (Fsp3) is 0.333. The number of fused-ring (bicyclic) bond motifs is 3. The monoisotopic (exact) mass is 366 g/mol. The number of esters is 1. The molecule has 1 aliphatic rings. The number of carbonyl (C=O) groups is 1. The number of nitrogens with zero attached hydrogens (tertiary/aromatic N) is 1. The smallest absolute Gasteiger partial charge is 0.310 e. The van der Waals surface area contributed by atoms with Gasteiger partial charge in [-0.05, 0) is 49.1 Å². The molecule has 0 spiro atoms. The summed E-state index contributed by atoms with van der Waals surface area (Å²) in [7, 11) is 1.44. The van der Waals surface area contributed by atoms with Gasteiger partial charge in [0, 0.05) is 22.5 Å². The van der Waals surface area contributed by atoms with E-state index in [9.17, 15) is 4.79 Å². The quantitative estimate of drug-likeness (QED) is 0.714. The standard InChI is InChI=1S/C21H22N2O2S/c1-12-4-6-14(7-5-12)19-16(10-18(24)25-3)13(2)23-21-20(19)15-8-9-22-11-17(15)26-21/h4-7,22H,8-11H2,1-3H3. The highest BCUT2D eigenvalue weighted by Gasteiger charge is 2.24. The van der Waals surface area contributed by atoms with Crippen LogP contribution in [0.15, 0.2) is 24.3 Å². The molecule has 3 heterocycles. The van der Waals surface area contributed by atoms with Crippen LogP contribution in [0.2, 0.25) is 0 Å². The molecular formula is C21H22N2O2S. The Kier molecular flexibility index (Phi) is 4.51. The van der Waals surface area contributed by atoms with E-state index in [4.69, 9.17) is 9.72 Å². The third-order valence-corrected chi connectivity index (χ3v) is 6.18. The van der Waals surface area contributed by atoms with Crippen LogP contribution >= 0.6 is 11.3 Å². The molecule has 134 valence electrons. The van der Waals surface area contributed by atoms with E-state index in [1.807, 2.05) is 6.92 Å². The van der Waals surface area contributed by atoms with Crippen molar-refractivity contribution in [2.75, 3.05) is 13.7 Å². The summed E-state index contributed by atoms with van der Waals surface area (Å²) in [4.78, 5) is 19.4. The van der Waals surface area contributed by atoms with Gasteiger partial charge in [0.15, 0.2) is 0 Å². The summed E-state index contributed by atoms with van der Waals surface area (Å²) in [5.41, 5.74) is 6.79. The van der Waals surface area contributed by atoms with Crippen molar-refractivity contribution in [1.82, 2.24) is 10.3 Å². The summed E-state index contributed by atoms with van der Waals surface area (Å²) < 4.78 is 4.95. The predicted molar refractivity (Wildman–Crippen MR) is 106 cm³/mol. The summed E-state index contributed by atoms with van der Waals surface area (Å²) >= 11 is 1.77. The highest BCUT2D eigenvalue weighted by atomic mass is 32.1. The number of pyridine rings is 1. The number of benzene rings is 1.